The molecule has 1 aliphatic heterocycles. The fourth-order valence-electron chi connectivity index (χ4n) is 2.26. The largest absolute Gasteiger partial charge is 0.508 e. The molecule has 3 nitrogen and oxygen atoms in total. The van der Waals surface area contributed by atoms with Crippen molar-refractivity contribution in [1.82, 2.24) is 4.98 Å². The van der Waals surface area contributed by atoms with Crippen molar-refractivity contribution in [1.29, 1.82) is 0 Å². The highest BCUT2D eigenvalue weighted by Gasteiger charge is 2.30. The number of hydrogen-bond donors (Lipinski definition) is 1. The summed E-state index contributed by atoms with van der Waals surface area (Å²) in [7, 11) is 0. The van der Waals surface area contributed by atoms with Crippen molar-refractivity contribution in [3.8, 4) is 5.75 Å². The second kappa shape index (κ2) is 6.25. The predicted octanol–water partition coefficient (Wildman–Crippen LogP) is 4.98. The molecule has 1 aromatic heterocycles. The lowest BCUT2D eigenvalue weighted by Gasteiger charge is -2.11. The molecule has 1 aromatic carbocycles. The number of hydrogen-bond acceptors (Lipinski definition) is 4. The van der Waals surface area contributed by atoms with E-state index in [-0.39, 0.29) is 11.3 Å². The number of alkyl halides is 3. The van der Waals surface area contributed by atoms with Crippen LogP contribution in [0.5, 0.6) is 5.75 Å². The van der Waals surface area contributed by atoms with Crippen LogP contribution in [0.2, 0.25) is 0 Å². The van der Waals surface area contributed by atoms with E-state index >= 15 is 0 Å². The number of thioether (sulfide) groups is 1. The van der Waals surface area contributed by atoms with Crippen LogP contribution in [0.25, 0.3) is 6.08 Å². The number of fused-ring (bicyclic) bond motifs is 1. The number of phenols is 1. The Kier molecular flexibility index (Phi) is 4.44. The van der Waals surface area contributed by atoms with Gasteiger partial charge in [0.1, 0.15) is 10.8 Å². The first-order chi connectivity index (χ1) is 11.2. The van der Waals surface area contributed by atoms with Crippen LogP contribution >= 0.6 is 27.7 Å². The molecule has 3 rings (SSSR count). The van der Waals surface area contributed by atoms with Crippen LogP contribution in [0, 0.1) is 0 Å². The van der Waals surface area contributed by atoms with E-state index in [1.165, 1.54) is 30.0 Å². The van der Waals surface area contributed by atoms with Gasteiger partial charge in [-0.1, -0.05) is 27.7 Å². The molecule has 1 N–H and O–H groups in total. The number of allylic oxidation sites excluding steroid dienone is 1. The van der Waals surface area contributed by atoms with Crippen molar-refractivity contribution >= 4 is 39.6 Å². The number of carbonyl (C=O) groups is 1. The summed E-state index contributed by atoms with van der Waals surface area (Å²) in [6.45, 7) is 0. The Morgan fingerprint density at radius 3 is 2.75 bits per heavy atom. The molecule has 0 amide bonds. The van der Waals surface area contributed by atoms with Gasteiger partial charge >= 0.3 is 6.18 Å². The summed E-state index contributed by atoms with van der Waals surface area (Å²) in [5.74, 6) is -0.669. The quantitative estimate of drug-likeness (QED) is 0.702. The summed E-state index contributed by atoms with van der Waals surface area (Å²) in [4.78, 5) is 16.8. The van der Waals surface area contributed by atoms with Crippen molar-refractivity contribution in [2.45, 2.75) is 17.6 Å². The van der Waals surface area contributed by atoms with E-state index in [1.54, 1.807) is 18.3 Å². The van der Waals surface area contributed by atoms with E-state index in [9.17, 15) is 23.1 Å². The fraction of sp³-hybridized carbons (Fsp3) is 0.125. The number of halogens is 4. The summed E-state index contributed by atoms with van der Waals surface area (Å²) in [5.41, 5.74) is 0.610. The van der Waals surface area contributed by atoms with Gasteiger partial charge in [0.15, 0.2) is 0 Å². The van der Waals surface area contributed by atoms with Crippen LogP contribution in [-0.4, -0.2) is 22.1 Å². The minimum absolute atomic E-state index is 0.222. The highest BCUT2D eigenvalue weighted by atomic mass is 79.9. The summed E-state index contributed by atoms with van der Waals surface area (Å²) in [5, 5.41) is 10.3. The van der Waals surface area contributed by atoms with E-state index in [4.69, 9.17) is 0 Å². The molecule has 2 heterocycles. The van der Waals surface area contributed by atoms with Crippen molar-refractivity contribution in [3.63, 3.8) is 0 Å². The van der Waals surface area contributed by atoms with Gasteiger partial charge in [-0.05, 0) is 35.9 Å². The molecule has 0 radical (unpaired) electrons. The number of rotatable bonds is 2. The Morgan fingerprint density at radius 2 is 2.08 bits per heavy atom. The van der Waals surface area contributed by atoms with E-state index < -0.39 is 18.3 Å². The van der Waals surface area contributed by atoms with Crippen molar-refractivity contribution in [3.05, 3.63) is 56.5 Å². The molecular weight excluding hydrogens is 407 g/mol. The lowest BCUT2D eigenvalue weighted by Crippen LogP contribution is -2.11. The van der Waals surface area contributed by atoms with Gasteiger partial charge < -0.3 is 5.11 Å². The standard InChI is InChI=1S/C16H9BrF3NO2S/c17-11-6-12(22)9(7-16(18,19)20)4-8(11)5-13-14(23)10-2-1-3-21-15(10)24-13/h1-6,22H,7H2/b13-5-. The zero-order valence-electron chi connectivity index (χ0n) is 11.9. The van der Waals surface area contributed by atoms with E-state index in [0.29, 0.717) is 25.5 Å². The smallest absolute Gasteiger partial charge is 0.393 e. The minimum Gasteiger partial charge on any atom is -0.508 e. The predicted molar refractivity (Wildman–Crippen MR) is 88.0 cm³/mol. The minimum atomic E-state index is -4.44. The number of aromatic hydroxyl groups is 1. The molecule has 2 aromatic rings. The first-order valence-corrected chi connectivity index (χ1v) is 8.33. The Hall–Kier alpha value is -1.80. The Bertz CT molecular complexity index is 865. The van der Waals surface area contributed by atoms with E-state index in [1.807, 2.05) is 0 Å². The Balaban J connectivity index is 1.99. The SMILES string of the molecule is O=C1/C(=C/c2cc(CC(F)(F)F)c(O)cc2Br)Sc2ncccc21. The third kappa shape index (κ3) is 3.49. The molecule has 0 fully saturated rings. The number of ketones is 1. The maximum absolute atomic E-state index is 12.6. The topological polar surface area (TPSA) is 50.2 Å². The number of benzene rings is 1. The Morgan fingerprint density at radius 1 is 1.33 bits per heavy atom. The van der Waals surface area contributed by atoms with Gasteiger partial charge in [0.25, 0.3) is 0 Å². The molecule has 8 heteroatoms. The molecule has 0 bridgehead atoms. The number of carbonyl (C=O) groups excluding carboxylic acids is 1. The number of Topliss-reactive ketones (excluding diaryl/α,β-unsaturated/α-hetero) is 1. The van der Waals surface area contributed by atoms with Gasteiger partial charge in [0.2, 0.25) is 5.78 Å². The van der Waals surface area contributed by atoms with Gasteiger partial charge in [0, 0.05) is 16.2 Å². The second-order valence-corrected chi connectivity index (χ2v) is 6.98. The highest BCUT2D eigenvalue weighted by molar-refractivity contribution is 9.10. The van der Waals surface area contributed by atoms with E-state index in [2.05, 4.69) is 20.9 Å². The highest BCUT2D eigenvalue weighted by Crippen LogP contribution is 2.40. The van der Waals surface area contributed by atoms with Gasteiger partial charge in [-0.25, -0.2) is 4.98 Å². The van der Waals surface area contributed by atoms with Crippen LogP contribution in [-0.2, 0) is 6.42 Å². The van der Waals surface area contributed by atoms with Gasteiger partial charge in [-0.3, -0.25) is 4.79 Å². The maximum atomic E-state index is 12.6. The number of nitrogens with zero attached hydrogens (tertiary/aromatic N) is 1. The average molecular weight is 416 g/mol. The first-order valence-electron chi connectivity index (χ1n) is 6.72. The van der Waals surface area contributed by atoms with Crippen LogP contribution in [0.1, 0.15) is 21.5 Å². The monoisotopic (exact) mass is 415 g/mol. The molecule has 0 saturated carbocycles. The second-order valence-electron chi connectivity index (χ2n) is 5.09. The van der Waals surface area contributed by atoms with Gasteiger partial charge in [-0.2, -0.15) is 13.2 Å². The molecular formula is C16H9BrF3NO2S. The molecule has 1 aliphatic rings. The van der Waals surface area contributed by atoms with Crippen LogP contribution in [0.3, 0.4) is 0 Å². The fourth-order valence-corrected chi connectivity index (χ4v) is 3.69. The summed E-state index contributed by atoms with van der Waals surface area (Å²) in [6, 6.07) is 5.73. The molecule has 24 heavy (non-hydrogen) atoms. The zero-order valence-corrected chi connectivity index (χ0v) is 14.3. The van der Waals surface area contributed by atoms with Crippen molar-refractivity contribution < 1.29 is 23.1 Å². The molecule has 124 valence electrons. The summed E-state index contributed by atoms with van der Waals surface area (Å²) in [6.07, 6.45) is -2.61. The van der Waals surface area contributed by atoms with Gasteiger partial charge in [-0.15, -0.1) is 0 Å². The number of aromatic nitrogens is 1. The van der Waals surface area contributed by atoms with Crippen LogP contribution in [0.4, 0.5) is 13.2 Å². The van der Waals surface area contributed by atoms with E-state index in [0.717, 1.165) is 0 Å². The third-order valence-electron chi connectivity index (χ3n) is 3.32. The first kappa shape index (κ1) is 17.0. The number of pyridine rings is 1. The third-order valence-corrected chi connectivity index (χ3v) is 5.05. The lowest BCUT2D eigenvalue weighted by atomic mass is 10.0. The van der Waals surface area contributed by atoms with Crippen LogP contribution < -0.4 is 0 Å². The van der Waals surface area contributed by atoms with Crippen molar-refractivity contribution in [2.24, 2.45) is 0 Å². The molecule has 0 spiro atoms. The molecule has 0 unspecified atom stereocenters. The Labute approximate surface area is 147 Å². The lowest BCUT2D eigenvalue weighted by molar-refractivity contribution is -0.127. The zero-order chi connectivity index (χ0) is 17.5. The normalized spacial score (nSPS) is 15.8. The maximum Gasteiger partial charge on any atom is 0.393 e. The summed E-state index contributed by atoms with van der Waals surface area (Å²) < 4.78 is 38.2. The molecule has 0 aliphatic carbocycles. The molecule has 0 saturated heterocycles. The number of phenolic OH excluding ortho intramolecular Hbond substituents is 1. The van der Waals surface area contributed by atoms with Gasteiger partial charge in [0.05, 0.1) is 16.9 Å². The van der Waals surface area contributed by atoms with Crippen LogP contribution in [0.15, 0.2) is 44.9 Å². The van der Waals surface area contributed by atoms with Crippen molar-refractivity contribution in [2.75, 3.05) is 0 Å². The average Bonchev–Trinajstić information content (AvgIpc) is 2.80. The molecule has 0 atom stereocenters. The summed E-state index contributed by atoms with van der Waals surface area (Å²) >= 11 is 4.37.